The van der Waals surface area contributed by atoms with Crippen LogP contribution in [0.15, 0.2) is 64.8 Å². The zero-order valence-electron chi connectivity index (χ0n) is 17.5. The van der Waals surface area contributed by atoms with Gasteiger partial charge in [-0.25, -0.2) is 32.3 Å². The number of thioether (sulfide) groups is 1. The van der Waals surface area contributed by atoms with Gasteiger partial charge in [-0.3, -0.25) is 9.36 Å². The van der Waals surface area contributed by atoms with E-state index in [1.807, 2.05) is 6.26 Å². The Kier molecular flexibility index (Phi) is 6.04. The maximum absolute atomic E-state index is 15.2. The molecule has 4 rings (SSSR count). The molecule has 1 atom stereocenters. The molecule has 0 saturated heterocycles. The van der Waals surface area contributed by atoms with Crippen molar-refractivity contribution in [2.75, 3.05) is 6.26 Å². The van der Waals surface area contributed by atoms with Crippen molar-refractivity contribution >= 4 is 32.7 Å². The summed E-state index contributed by atoms with van der Waals surface area (Å²) < 4.78 is 54.3. The van der Waals surface area contributed by atoms with Gasteiger partial charge in [-0.2, -0.15) is 0 Å². The molecular weight excluding hydrogens is 470 g/mol. The molecule has 2 aromatic heterocycles. The number of primary sulfonamides is 1. The van der Waals surface area contributed by atoms with Crippen LogP contribution in [0.4, 0.5) is 8.78 Å². The second-order valence-electron chi connectivity index (χ2n) is 7.33. The van der Waals surface area contributed by atoms with Gasteiger partial charge in [0.1, 0.15) is 16.9 Å². The van der Waals surface area contributed by atoms with Crippen LogP contribution in [0, 0.1) is 18.6 Å². The van der Waals surface area contributed by atoms with E-state index in [4.69, 9.17) is 5.14 Å². The van der Waals surface area contributed by atoms with Gasteiger partial charge in [-0.05, 0) is 48.6 Å². The van der Waals surface area contributed by atoms with Gasteiger partial charge < -0.3 is 0 Å². The summed E-state index contributed by atoms with van der Waals surface area (Å²) in [5.41, 5.74) is 0.820. The van der Waals surface area contributed by atoms with E-state index in [0.29, 0.717) is 16.2 Å². The number of nitrogens with zero attached hydrogens (tertiary/aromatic N) is 3. The molecule has 7 nitrogen and oxygen atoms in total. The Labute approximate surface area is 192 Å². The van der Waals surface area contributed by atoms with Crippen LogP contribution in [0.1, 0.15) is 21.9 Å². The molecule has 0 aliphatic carbocycles. The first-order valence-corrected chi connectivity index (χ1v) is 12.4. The van der Waals surface area contributed by atoms with Crippen molar-refractivity contribution in [1.82, 2.24) is 14.5 Å². The minimum Gasteiger partial charge on any atom is -0.283 e. The molecule has 0 bridgehead atoms. The minimum absolute atomic E-state index is 0.117. The Morgan fingerprint density at radius 1 is 1.12 bits per heavy atom. The van der Waals surface area contributed by atoms with Crippen molar-refractivity contribution in [2.24, 2.45) is 5.14 Å². The van der Waals surface area contributed by atoms with Crippen LogP contribution in [0.25, 0.3) is 16.6 Å². The van der Waals surface area contributed by atoms with Gasteiger partial charge in [0.15, 0.2) is 5.16 Å². The van der Waals surface area contributed by atoms with Gasteiger partial charge in [0.05, 0.1) is 16.6 Å². The van der Waals surface area contributed by atoms with E-state index in [2.05, 4.69) is 9.97 Å². The number of aromatic nitrogens is 3. The lowest BCUT2D eigenvalue weighted by atomic mass is 10.0. The highest BCUT2D eigenvalue weighted by atomic mass is 32.2. The van der Waals surface area contributed by atoms with Gasteiger partial charge in [0.25, 0.3) is 5.56 Å². The Balaban J connectivity index is 1.85. The standard InChI is InChI=1S/C22H18F2N4O3S2/c1-12-11-28(21(29)17-10-26-22(32-2)27-19(12)17)15-7-8-16(18(24)9-15)20(33(25,30)31)13-3-5-14(23)6-4-13/h3-11,20H,1-2H3,(H2,25,30,31). The summed E-state index contributed by atoms with van der Waals surface area (Å²) in [7, 11) is -4.28. The van der Waals surface area contributed by atoms with E-state index in [-0.39, 0.29) is 22.2 Å². The molecule has 0 spiro atoms. The molecule has 0 aliphatic rings. The number of rotatable bonds is 5. The lowest BCUT2D eigenvalue weighted by Crippen LogP contribution is -2.24. The number of halogens is 2. The van der Waals surface area contributed by atoms with E-state index in [9.17, 15) is 17.6 Å². The summed E-state index contributed by atoms with van der Waals surface area (Å²) in [6, 6.07) is 8.34. The predicted octanol–water partition coefficient (Wildman–Crippen LogP) is 3.47. The minimum atomic E-state index is -4.28. The fourth-order valence-corrected chi connectivity index (χ4v) is 5.04. The number of hydrogen-bond acceptors (Lipinski definition) is 6. The summed E-state index contributed by atoms with van der Waals surface area (Å²) in [5.74, 6) is -1.45. The highest BCUT2D eigenvalue weighted by Gasteiger charge is 2.29. The fraction of sp³-hybridized carbons (Fsp3) is 0.136. The monoisotopic (exact) mass is 488 g/mol. The van der Waals surface area contributed by atoms with Crippen LogP contribution in [0.2, 0.25) is 0 Å². The highest BCUT2D eigenvalue weighted by molar-refractivity contribution is 7.98. The molecular formula is C22H18F2N4O3S2. The van der Waals surface area contributed by atoms with Crippen molar-refractivity contribution in [3.8, 4) is 5.69 Å². The quantitative estimate of drug-likeness (QED) is 0.341. The second kappa shape index (κ2) is 8.65. The van der Waals surface area contributed by atoms with Crippen molar-refractivity contribution < 1.29 is 17.2 Å². The number of nitrogens with two attached hydrogens (primary N) is 1. The highest BCUT2D eigenvalue weighted by Crippen LogP contribution is 2.31. The van der Waals surface area contributed by atoms with Gasteiger partial charge in [0, 0.05) is 18.0 Å². The lowest BCUT2D eigenvalue weighted by Gasteiger charge is -2.18. The number of hydrogen-bond donors (Lipinski definition) is 1. The number of sulfonamides is 1. The van der Waals surface area contributed by atoms with Gasteiger partial charge in [-0.15, -0.1) is 0 Å². The largest absolute Gasteiger partial charge is 0.283 e. The molecule has 11 heteroatoms. The average Bonchev–Trinajstić information content (AvgIpc) is 2.77. The van der Waals surface area contributed by atoms with Gasteiger partial charge in [-0.1, -0.05) is 30.0 Å². The number of fused-ring (bicyclic) bond motifs is 1. The molecule has 2 aromatic carbocycles. The summed E-state index contributed by atoms with van der Waals surface area (Å²) in [6.45, 7) is 1.77. The lowest BCUT2D eigenvalue weighted by molar-refractivity contribution is 0.578. The molecule has 0 amide bonds. The third-order valence-corrected chi connectivity index (χ3v) is 6.89. The van der Waals surface area contributed by atoms with Crippen molar-refractivity contribution in [3.63, 3.8) is 0 Å². The normalized spacial score (nSPS) is 12.8. The number of benzene rings is 2. The summed E-state index contributed by atoms with van der Waals surface area (Å²) in [5, 5.41) is 4.62. The molecule has 2 heterocycles. The summed E-state index contributed by atoms with van der Waals surface area (Å²) >= 11 is 1.35. The Bertz CT molecular complexity index is 1540. The molecule has 0 aliphatic heterocycles. The number of pyridine rings is 1. The maximum atomic E-state index is 15.2. The Hall–Kier alpha value is -3.15. The summed E-state index contributed by atoms with van der Waals surface area (Å²) in [4.78, 5) is 21.5. The van der Waals surface area contributed by atoms with E-state index >= 15 is 4.39 Å². The first kappa shape index (κ1) is 23.0. The molecule has 0 radical (unpaired) electrons. The summed E-state index contributed by atoms with van der Waals surface area (Å²) in [6.07, 6.45) is 4.78. The Morgan fingerprint density at radius 2 is 1.82 bits per heavy atom. The zero-order chi connectivity index (χ0) is 23.9. The van der Waals surface area contributed by atoms with Crippen LogP contribution in [-0.2, 0) is 10.0 Å². The average molecular weight is 489 g/mol. The third kappa shape index (κ3) is 4.39. The zero-order valence-corrected chi connectivity index (χ0v) is 19.1. The van der Waals surface area contributed by atoms with Crippen LogP contribution < -0.4 is 10.7 Å². The van der Waals surface area contributed by atoms with E-state index < -0.39 is 32.5 Å². The molecule has 2 N–H and O–H groups in total. The van der Waals surface area contributed by atoms with Gasteiger partial charge >= 0.3 is 0 Å². The van der Waals surface area contributed by atoms with Crippen LogP contribution in [-0.4, -0.2) is 29.2 Å². The third-order valence-electron chi connectivity index (χ3n) is 5.14. The van der Waals surface area contributed by atoms with Crippen LogP contribution in [0.5, 0.6) is 0 Å². The fourth-order valence-electron chi connectivity index (χ4n) is 3.62. The van der Waals surface area contributed by atoms with Crippen LogP contribution >= 0.6 is 11.8 Å². The first-order valence-electron chi connectivity index (χ1n) is 9.60. The van der Waals surface area contributed by atoms with E-state index in [1.54, 1.807) is 6.92 Å². The predicted molar refractivity (Wildman–Crippen MR) is 123 cm³/mol. The van der Waals surface area contributed by atoms with Crippen LogP contribution in [0.3, 0.4) is 0 Å². The molecule has 0 fully saturated rings. The van der Waals surface area contributed by atoms with Crippen molar-refractivity contribution in [2.45, 2.75) is 17.3 Å². The van der Waals surface area contributed by atoms with E-state index in [0.717, 1.165) is 18.2 Å². The first-order chi connectivity index (χ1) is 15.6. The molecule has 33 heavy (non-hydrogen) atoms. The second-order valence-corrected chi connectivity index (χ2v) is 9.76. The Morgan fingerprint density at radius 3 is 2.42 bits per heavy atom. The SMILES string of the molecule is CSc1ncc2c(=O)n(-c3ccc(C(c4ccc(F)cc4)S(N)(=O)=O)c(F)c3)cc(C)c2n1. The van der Waals surface area contributed by atoms with Crippen molar-refractivity contribution in [1.29, 1.82) is 0 Å². The molecule has 1 unspecified atom stereocenters. The number of aryl methyl sites for hydroxylation is 1. The molecule has 4 aromatic rings. The smallest absolute Gasteiger partial charge is 0.266 e. The van der Waals surface area contributed by atoms with E-state index in [1.165, 1.54) is 53.0 Å². The topological polar surface area (TPSA) is 108 Å². The molecule has 0 saturated carbocycles. The molecule has 170 valence electrons. The maximum Gasteiger partial charge on any atom is 0.266 e. The van der Waals surface area contributed by atoms with Crippen molar-refractivity contribution in [3.05, 3.63) is 93.5 Å². The van der Waals surface area contributed by atoms with Gasteiger partial charge in [0.2, 0.25) is 10.0 Å².